The summed E-state index contributed by atoms with van der Waals surface area (Å²) in [7, 11) is 4.12. The lowest BCUT2D eigenvalue weighted by molar-refractivity contribution is -0.130. The molecule has 5 heteroatoms. The number of pyridine rings is 1. The highest BCUT2D eigenvalue weighted by Crippen LogP contribution is 2.44. The van der Waals surface area contributed by atoms with Crippen LogP contribution in [0.15, 0.2) is 24.5 Å². The molecule has 0 N–H and O–H groups in total. The molecular formula is C21H35N3OS. The average molecular weight is 378 g/mol. The zero-order valence-corrected chi connectivity index (χ0v) is 17.5. The van der Waals surface area contributed by atoms with Crippen molar-refractivity contribution in [2.24, 2.45) is 0 Å². The molecule has 1 aliphatic rings. The molecule has 1 aromatic heterocycles. The van der Waals surface area contributed by atoms with Crippen LogP contribution >= 0.6 is 11.8 Å². The molecule has 0 spiro atoms. The van der Waals surface area contributed by atoms with Gasteiger partial charge in [-0.1, -0.05) is 57.9 Å². The molecule has 2 atom stereocenters. The van der Waals surface area contributed by atoms with Gasteiger partial charge in [0.1, 0.15) is 5.37 Å². The summed E-state index contributed by atoms with van der Waals surface area (Å²) in [5.74, 6) is 0.316. The zero-order valence-electron chi connectivity index (χ0n) is 16.7. The highest BCUT2D eigenvalue weighted by molar-refractivity contribution is 8.01. The third-order valence-electron chi connectivity index (χ3n) is 4.96. The van der Waals surface area contributed by atoms with E-state index >= 15 is 0 Å². The van der Waals surface area contributed by atoms with Crippen LogP contribution in [0.1, 0.15) is 69.2 Å². The van der Waals surface area contributed by atoms with Crippen molar-refractivity contribution in [1.29, 1.82) is 0 Å². The van der Waals surface area contributed by atoms with Crippen LogP contribution in [0.5, 0.6) is 0 Å². The molecule has 1 saturated heterocycles. The monoisotopic (exact) mass is 377 g/mol. The zero-order chi connectivity index (χ0) is 18.8. The van der Waals surface area contributed by atoms with E-state index in [1.165, 1.54) is 38.5 Å². The maximum atomic E-state index is 13.0. The van der Waals surface area contributed by atoms with E-state index in [9.17, 15) is 4.79 Å². The second-order valence-corrected chi connectivity index (χ2v) is 8.80. The second kappa shape index (κ2) is 11.6. The van der Waals surface area contributed by atoms with Gasteiger partial charge in [-0.25, -0.2) is 0 Å². The number of rotatable bonds is 12. The predicted molar refractivity (Wildman–Crippen MR) is 111 cm³/mol. The SMILES string of the molecule is CCCCCCCCCC1SC(c2cccnc2)N(CCN(C)C)C1=O. The normalized spacial score (nSPS) is 20.3. The van der Waals surface area contributed by atoms with Crippen molar-refractivity contribution in [3.63, 3.8) is 0 Å². The van der Waals surface area contributed by atoms with Gasteiger partial charge >= 0.3 is 0 Å². The minimum Gasteiger partial charge on any atom is -0.324 e. The van der Waals surface area contributed by atoms with E-state index in [2.05, 4.69) is 41.9 Å². The number of carbonyl (C=O) groups is 1. The highest BCUT2D eigenvalue weighted by atomic mass is 32.2. The Morgan fingerprint density at radius 3 is 2.54 bits per heavy atom. The minimum absolute atomic E-state index is 0.109. The summed E-state index contributed by atoms with van der Waals surface area (Å²) in [6.45, 7) is 3.93. The number of thioether (sulfide) groups is 1. The van der Waals surface area contributed by atoms with E-state index < -0.39 is 0 Å². The van der Waals surface area contributed by atoms with E-state index in [0.717, 1.165) is 31.5 Å². The first-order valence-corrected chi connectivity index (χ1v) is 11.1. The van der Waals surface area contributed by atoms with Gasteiger partial charge < -0.3 is 9.80 Å². The van der Waals surface area contributed by atoms with Crippen molar-refractivity contribution in [2.45, 2.75) is 68.9 Å². The molecule has 2 rings (SSSR count). The first-order chi connectivity index (χ1) is 12.6. The van der Waals surface area contributed by atoms with Crippen LogP contribution in [0.4, 0.5) is 0 Å². The largest absolute Gasteiger partial charge is 0.324 e. The van der Waals surface area contributed by atoms with E-state index in [1.807, 2.05) is 24.0 Å². The van der Waals surface area contributed by atoms with Gasteiger partial charge in [-0.2, -0.15) is 0 Å². The van der Waals surface area contributed by atoms with Crippen molar-refractivity contribution in [2.75, 3.05) is 27.2 Å². The van der Waals surface area contributed by atoms with Crippen molar-refractivity contribution in [1.82, 2.24) is 14.8 Å². The van der Waals surface area contributed by atoms with E-state index in [1.54, 1.807) is 6.20 Å². The molecule has 2 heterocycles. The molecular weight excluding hydrogens is 342 g/mol. The number of hydrogen-bond acceptors (Lipinski definition) is 4. The fourth-order valence-corrected chi connectivity index (χ4v) is 4.90. The summed E-state index contributed by atoms with van der Waals surface area (Å²) in [5.41, 5.74) is 1.15. The Morgan fingerprint density at radius 2 is 1.88 bits per heavy atom. The van der Waals surface area contributed by atoms with Crippen LogP contribution in [-0.2, 0) is 4.79 Å². The van der Waals surface area contributed by atoms with E-state index in [-0.39, 0.29) is 10.6 Å². The first kappa shape index (κ1) is 21.2. The van der Waals surface area contributed by atoms with Crippen LogP contribution in [-0.4, -0.2) is 53.1 Å². The molecule has 1 aromatic rings. The Bertz CT molecular complexity index is 523. The van der Waals surface area contributed by atoms with Crippen molar-refractivity contribution in [3.05, 3.63) is 30.1 Å². The van der Waals surface area contributed by atoms with Gasteiger partial charge in [0, 0.05) is 31.0 Å². The number of carbonyl (C=O) groups excluding carboxylic acids is 1. The van der Waals surface area contributed by atoms with Gasteiger partial charge in [-0.3, -0.25) is 9.78 Å². The lowest BCUT2D eigenvalue weighted by Gasteiger charge is -2.25. The summed E-state index contributed by atoms with van der Waals surface area (Å²) < 4.78 is 0. The van der Waals surface area contributed by atoms with E-state index in [4.69, 9.17) is 0 Å². The van der Waals surface area contributed by atoms with Crippen molar-refractivity contribution >= 4 is 17.7 Å². The summed E-state index contributed by atoms with van der Waals surface area (Å²) in [6.07, 6.45) is 13.8. The predicted octanol–water partition coefficient (Wildman–Crippen LogP) is 4.73. The Balaban J connectivity index is 1.87. The van der Waals surface area contributed by atoms with Gasteiger partial charge in [0.05, 0.1) is 5.25 Å². The number of hydrogen-bond donors (Lipinski definition) is 0. The Labute approximate surface area is 163 Å². The van der Waals surface area contributed by atoms with E-state index in [0.29, 0.717) is 5.91 Å². The van der Waals surface area contributed by atoms with Gasteiger partial charge in [0.2, 0.25) is 5.91 Å². The number of aromatic nitrogens is 1. The Kier molecular flexibility index (Phi) is 9.48. The standard InChI is InChI=1S/C21H35N3OS/c1-4-5-6-7-8-9-10-13-19-20(25)24(16-15-23(2)3)21(26-19)18-12-11-14-22-17-18/h11-12,14,17,19,21H,4-10,13,15-16H2,1-3H3. The number of likely N-dealkylation sites (N-methyl/N-ethyl adjacent to an activating group) is 1. The quantitative estimate of drug-likeness (QED) is 0.494. The van der Waals surface area contributed by atoms with Crippen LogP contribution in [0.2, 0.25) is 0 Å². The second-order valence-electron chi connectivity index (χ2n) is 7.51. The fraction of sp³-hybridized carbons (Fsp3) is 0.714. The molecule has 1 fully saturated rings. The smallest absolute Gasteiger partial charge is 0.236 e. The lowest BCUT2D eigenvalue weighted by Crippen LogP contribution is -2.36. The third-order valence-corrected chi connectivity index (χ3v) is 6.51. The summed E-state index contributed by atoms with van der Waals surface area (Å²) >= 11 is 1.82. The van der Waals surface area contributed by atoms with Crippen LogP contribution in [0.25, 0.3) is 0 Å². The van der Waals surface area contributed by atoms with Gasteiger partial charge in [-0.15, -0.1) is 11.8 Å². The average Bonchev–Trinajstić information content (AvgIpc) is 2.96. The van der Waals surface area contributed by atoms with Gasteiger partial charge in [-0.05, 0) is 26.6 Å². The molecule has 1 amide bonds. The minimum atomic E-state index is 0.109. The number of nitrogens with zero attached hydrogens (tertiary/aromatic N) is 3. The third kappa shape index (κ3) is 6.58. The van der Waals surface area contributed by atoms with Crippen molar-refractivity contribution < 1.29 is 4.79 Å². The van der Waals surface area contributed by atoms with Gasteiger partial charge in [0.25, 0.3) is 0 Å². The molecule has 0 saturated carbocycles. The maximum absolute atomic E-state index is 13.0. The molecule has 4 nitrogen and oxygen atoms in total. The molecule has 26 heavy (non-hydrogen) atoms. The van der Waals surface area contributed by atoms with Crippen LogP contribution in [0, 0.1) is 0 Å². The van der Waals surface area contributed by atoms with Crippen LogP contribution in [0.3, 0.4) is 0 Å². The molecule has 146 valence electrons. The first-order valence-electron chi connectivity index (χ1n) is 10.1. The van der Waals surface area contributed by atoms with Crippen molar-refractivity contribution in [3.8, 4) is 0 Å². The maximum Gasteiger partial charge on any atom is 0.236 e. The number of unbranched alkanes of at least 4 members (excludes halogenated alkanes) is 6. The molecule has 1 aliphatic heterocycles. The topological polar surface area (TPSA) is 36.4 Å². The molecule has 0 aliphatic carbocycles. The summed E-state index contributed by atoms with van der Waals surface area (Å²) in [6, 6.07) is 4.06. The molecule has 0 aromatic carbocycles. The highest BCUT2D eigenvalue weighted by Gasteiger charge is 2.40. The molecule has 0 radical (unpaired) electrons. The lowest BCUT2D eigenvalue weighted by atomic mass is 10.1. The summed E-state index contributed by atoms with van der Waals surface area (Å²) in [4.78, 5) is 21.4. The fourth-order valence-electron chi connectivity index (χ4n) is 3.38. The van der Waals surface area contributed by atoms with Gasteiger partial charge in [0.15, 0.2) is 0 Å². The number of amides is 1. The molecule has 0 bridgehead atoms. The Hall–Kier alpha value is -1.07. The molecule has 2 unspecified atom stereocenters. The summed E-state index contributed by atoms with van der Waals surface area (Å²) in [5, 5.41) is 0.226. The van der Waals surface area contributed by atoms with Crippen LogP contribution < -0.4 is 0 Å². The Morgan fingerprint density at radius 1 is 1.15 bits per heavy atom.